The molecule has 0 atom stereocenters. The van der Waals surface area contributed by atoms with Gasteiger partial charge >= 0.3 is 5.88 Å². The van der Waals surface area contributed by atoms with Gasteiger partial charge in [0.1, 0.15) is 4.92 Å². The van der Waals surface area contributed by atoms with Gasteiger partial charge in [-0.1, -0.05) is 18.2 Å². The molecule has 3 rings (SSSR count). The maximum Gasteiger partial charge on any atom is 0.433 e. The Morgan fingerprint density at radius 1 is 1.21 bits per heavy atom. The Kier molecular flexibility index (Phi) is 2.42. The van der Waals surface area contributed by atoms with Crippen molar-refractivity contribution in [1.29, 1.82) is 0 Å². The van der Waals surface area contributed by atoms with Gasteiger partial charge in [0, 0.05) is 17.1 Å². The molecule has 1 N–H and O–H groups in total. The zero-order chi connectivity index (χ0) is 13.4. The lowest BCUT2D eigenvalue weighted by atomic mass is 10.1. The zero-order valence-electron chi connectivity index (χ0n) is 9.62. The highest BCUT2D eigenvalue weighted by Crippen LogP contribution is 2.23. The molecule has 0 saturated heterocycles. The van der Waals surface area contributed by atoms with Crippen molar-refractivity contribution in [1.82, 2.24) is 4.98 Å². The molecule has 19 heavy (non-hydrogen) atoms. The van der Waals surface area contributed by atoms with Crippen molar-refractivity contribution < 1.29 is 14.1 Å². The Hall–Kier alpha value is -2.89. The molecule has 2 aromatic heterocycles. The van der Waals surface area contributed by atoms with E-state index in [2.05, 4.69) is 4.98 Å². The van der Waals surface area contributed by atoms with E-state index < -0.39 is 10.8 Å². The van der Waals surface area contributed by atoms with E-state index in [-0.39, 0.29) is 11.5 Å². The molecule has 3 aromatic rings. The van der Waals surface area contributed by atoms with Crippen molar-refractivity contribution in [2.75, 3.05) is 0 Å². The van der Waals surface area contributed by atoms with Gasteiger partial charge in [0.25, 0.3) is 0 Å². The number of hydrogen-bond donors (Lipinski definition) is 1. The molecule has 94 valence electrons. The quantitative estimate of drug-likeness (QED) is 0.443. The van der Waals surface area contributed by atoms with Crippen molar-refractivity contribution in [3.63, 3.8) is 0 Å². The second-order valence-corrected chi connectivity index (χ2v) is 3.97. The number of hydrogen-bond acceptors (Lipinski definition) is 4. The largest absolute Gasteiger partial charge is 0.433 e. The number of rotatable bonds is 3. The number of H-pyrrole nitrogens is 1. The third-order valence-corrected chi connectivity index (χ3v) is 2.83. The molecule has 6 nitrogen and oxygen atoms in total. The van der Waals surface area contributed by atoms with Crippen LogP contribution in [0, 0.1) is 10.1 Å². The van der Waals surface area contributed by atoms with Crippen LogP contribution in [0.25, 0.3) is 10.9 Å². The van der Waals surface area contributed by atoms with Gasteiger partial charge in [-0.3, -0.25) is 14.9 Å². The predicted molar refractivity (Wildman–Crippen MR) is 67.1 cm³/mol. The first-order chi connectivity index (χ1) is 9.16. The van der Waals surface area contributed by atoms with E-state index in [1.54, 1.807) is 12.3 Å². The summed E-state index contributed by atoms with van der Waals surface area (Å²) in [6.45, 7) is 0. The highest BCUT2D eigenvalue weighted by molar-refractivity contribution is 6.15. The van der Waals surface area contributed by atoms with Crippen molar-refractivity contribution in [3.05, 3.63) is 64.0 Å². The first kappa shape index (κ1) is 11.2. The number of ketones is 1. The Bertz CT molecular complexity index is 785. The van der Waals surface area contributed by atoms with Gasteiger partial charge in [-0.25, -0.2) is 0 Å². The summed E-state index contributed by atoms with van der Waals surface area (Å²) in [4.78, 5) is 25.0. The number of para-hydroxylation sites is 1. The summed E-state index contributed by atoms with van der Waals surface area (Å²) in [7, 11) is 0. The van der Waals surface area contributed by atoms with Crippen LogP contribution < -0.4 is 0 Å². The lowest BCUT2D eigenvalue weighted by molar-refractivity contribution is -0.402. The van der Waals surface area contributed by atoms with E-state index in [0.717, 1.165) is 10.9 Å². The van der Waals surface area contributed by atoms with E-state index in [9.17, 15) is 14.9 Å². The molecule has 0 unspecified atom stereocenters. The van der Waals surface area contributed by atoms with Crippen molar-refractivity contribution in [3.8, 4) is 0 Å². The van der Waals surface area contributed by atoms with E-state index >= 15 is 0 Å². The molecular weight excluding hydrogens is 248 g/mol. The number of aromatic amines is 1. The fraction of sp³-hybridized carbons (Fsp3) is 0. The van der Waals surface area contributed by atoms with Crippen LogP contribution >= 0.6 is 0 Å². The Morgan fingerprint density at radius 3 is 2.74 bits per heavy atom. The Labute approximate surface area is 106 Å². The average Bonchev–Trinajstić information content (AvgIpc) is 3.05. The topological polar surface area (TPSA) is 89.1 Å². The van der Waals surface area contributed by atoms with Gasteiger partial charge in [0.15, 0.2) is 5.76 Å². The molecule has 0 fully saturated rings. The van der Waals surface area contributed by atoms with Crippen LogP contribution in [0.5, 0.6) is 0 Å². The molecule has 1 aromatic carbocycles. The van der Waals surface area contributed by atoms with Crippen LogP contribution in [0.2, 0.25) is 0 Å². The van der Waals surface area contributed by atoms with Crippen LogP contribution in [0.1, 0.15) is 16.1 Å². The SMILES string of the molecule is O=C(c1ccc([N+](=O)[O-])o1)c1c[nH]c2ccccc12. The molecule has 0 radical (unpaired) electrons. The van der Waals surface area contributed by atoms with Crippen LogP contribution in [-0.4, -0.2) is 15.7 Å². The fourth-order valence-electron chi connectivity index (χ4n) is 1.94. The Balaban J connectivity index is 2.05. The third-order valence-electron chi connectivity index (χ3n) is 2.83. The normalized spacial score (nSPS) is 10.7. The van der Waals surface area contributed by atoms with Crippen LogP contribution in [-0.2, 0) is 0 Å². The number of carbonyl (C=O) groups is 1. The van der Waals surface area contributed by atoms with Crippen LogP contribution in [0.4, 0.5) is 5.88 Å². The maximum atomic E-state index is 12.2. The lowest BCUT2D eigenvalue weighted by Crippen LogP contribution is -1.98. The molecule has 0 bridgehead atoms. The standard InChI is InChI=1S/C13H8N2O4/c16-13(11-5-6-12(19-11)15(17)18)9-7-14-10-4-2-1-3-8(9)10/h1-7,14H. The number of nitro groups is 1. The summed E-state index contributed by atoms with van der Waals surface area (Å²) >= 11 is 0. The summed E-state index contributed by atoms with van der Waals surface area (Å²) in [5.41, 5.74) is 1.26. The minimum Gasteiger partial charge on any atom is -0.397 e. The maximum absolute atomic E-state index is 12.2. The van der Waals surface area contributed by atoms with E-state index in [1.807, 2.05) is 18.2 Å². The molecule has 6 heteroatoms. The zero-order valence-corrected chi connectivity index (χ0v) is 9.62. The second-order valence-electron chi connectivity index (χ2n) is 3.97. The smallest absolute Gasteiger partial charge is 0.397 e. The number of benzene rings is 1. The fourth-order valence-corrected chi connectivity index (χ4v) is 1.94. The van der Waals surface area contributed by atoms with Crippen LogP contribution in [0.15, 0.2) is 47.0 Å². The first-order valence-electron chi connectivity index (χ1n) is 5.52. The molecule has 0 aliphatic heterocycles. The lowest BCUT2D eigenvalue weighted by Gasteiger charge is -1.94. The monoisotopic (exact) mass is 256 g/mol. The molecule has 0 amide bonds. The van der Waals surface area contributed by atoms with E-state index in [4.69, 9.17) is 4.42 Å². The molecule has 0 saturated carbocycles. The van der Waals surface area contributed by atoms with Gasteiger partial charge in [-0.15, -0.1) is 0 Å². The van der Waals surface area contributed by atoms with Gasteiger partial charge < -0.3 is 9.40 Å². The summed E-state index contributed by atoms with van der Waals surface area (Å²) in [6, 6.07) is 9.79. The second kappa shape index (κ2) is 4.09. The molecule has 0 aliphatic rings. The Morgan fingerprint density at radius 2 is 2.00 bits per heavy atom. The predicted octanol–water partition coefficient (Wildman–Crippen LogP) is 2.90. The summed E-state index contributed by atoms with van der Waals surface area (Å²) in [5, 5.41) is 11.3. The highest BCUT2D eigenvalue weighted by atomic mass is 16.6. The van der Waals surface area contributed by atoms with Crippen molar-refractivity contribution >= 4 is 22.6 Å². The summed E-state index contributed by atoms with van der Waals surface area (Å²) in [5.74, 6) is -0.870. The number of nitrogens with one attached hydrogen (secondary N) is 1. The summed E-state index contributed by atoms with van der Waals surface area (Å²) < 4.78 is 4.92. The molecule has 2 heterocycles. The number of fused-ring (bicyclic) bond motifs is 1. The minimum absolute atomic E-state index is 0.0450. The van der Waals surface area contributed by atoms with E-state index in [1.165, 1.54) is 12.1 Å². The van der Waals surface area contributed by atoms with Gasteiger partial charge in [0.05, 0.1) is 11.6 Å². The first-order valence-corrected chi connectivity index (χ1v) is 5.52. The average molecular weight is 256 g/mol. The third kappa shape index (κ3) is 1.79. The van der Waals surface area contributed by atoms with Gasteiger partial charge in [-0.2, -0.15) is 0 Å². The number of aromatic nitrogens is 1. The van der Waals surface area contributed by atoms with E-state index in [0.29, 0.717) is 5.56 Å². The molecular formula is C13H8N2O4. The minimum atomic E-state index is -0.675. The van der Waals surface area contributed by atoms with Crippen LogP contribution in [0.3, 0.4) is 0 Å². The molecule has 0 spiro atoms. The summed E-state index contributed by atoms with van der Waals surface area (Å²) in [6.07, 6.45) is 1.57. The number of nitrogens with zero attached hydrogens (tertiary/aromatic N) is 1. The van der Waals surface area contributed by atoms with Crippen molar-refractivity contribution in [2.24, 2.45) is 0 Å². The number of carbonyl (C=O) groups excluding carboxylic acids is 1. The van der Waals surface area contributed by atoms with Gasteiger partial charge in [0.2, 0.25) is 5.78 Å². The van der Waals surface area contributed by atoms with Gasteiger partial charge in [-0.05, 0) is 12.1 Å². The van der Waals surface area contributed by atoms with Crippen molar-refractivity contribution in [2.45, 2.75) is 0 Å². The highest BCUT2D eigenvalue weighted by Gasteiger charge is 2.20. The number of furan rings is 1. The molecule has 0 aliphatic carbocycles.